The van der Waals surface area contributed by atoms with Crippen LogP contribution in [0.2, 0.25) is 0 Å². The van der Waals surface area contributed by atoms with Crippen LogP contribution in [0.4, 0.5) is 13.2 Å². The summed E-state index contributed by atoms with van der Waals surface area (Å²) in [7, 11) is 1.22. The van der Waals surface area contributed by atoms with Crippen molar-refractivity contribution >= 4 is 0 Å². The smallest absolute Gasteiger partial charge is 0.491 e. The maximum Gasteiger partial charge on any atom is 0.573 e. The highest BCUT2D eigenvalue weighted by Gasteiger charge is 2.33. The van der Waals surface area contributed by atoms with Crippen molar-refractivity contribution in [2.24, 2.45) is 5.73 Å². The summed E-state index contributed by atoms with van der Waals surface area (Å²) in [6.07, 6.45) is -3.59. The summed E-state index contributed by atoms with van der Waals surface area (Å²) in [5, 5.41) is 0. The SMILES string of the molecule is COc1c(OC(F)(F)F)ccnc1CN. The third-order valence-electron chi connectivity index (χ3n) is 1.57. The van der Waals surface area contributed by atoms with Gasteiger partial charge in [0, 0.05) is 18.8 Å². The summed E-state index contributed by atoms with van der Waals surface area (Å²) in [6, 6.07) is 1.06. The predicted octanol–water partition coefficient (Wildman–Crippen LogP) is 1.45. The van der Waals surface area contributed by atoms with Crippen molar-refractivity contribution in [1.82, 2.24) is 4.98 Å². The molecule has 0 bridgehead atoms. The van der Waals surface area contributed by atoms with E-state index in [0.717, 1.165) is 6.07 Å². The van der Waals surface area contributed by atoms with Gasteiger partial charge < -0.3 is 15.2 Å². The van der Waals surface area contributed by atoms with Gasteiger partial charge in [-0.05, 0) is 0 Å². The van der Waals surface area contributed by atoms with Crippen LogP contribution in [0.25, 0.3) is 0 Å². The summed E-state index contributed by atoms with van der Waals surface area (Å²) in [4.78, 5) is 3.76. The van der Waals surface area contributed by atoms with Gasteiger partial charge in [-0.3, -0.25) is 4.98 Å². The number of rotatable bonds is 3. The van der Waals surface area contributed by atoms with E-state index >= 15 is 0 Å². The number of nitrogens with zero attached hydrogens (tertiary/aromatic N) is 1. The number of alkyl halides is 3. The third-order valence-corrected chi connectivity index (χ3v) is 1.57. The van der Waals surface area contributed by atoms with E-state index in [1.165, 1.54) is 13.3 Å². The number of pyridine rings is 1. The van der Waals surface area contributed by atoms with Crippen molar-refractivity contribution in [3.63, 3.8) is 0 Å². The number of aromatic nitrogens is 1. The Hall–Kier alpha value is -1.50. The van der Waals surface area contributed by atoms with E-state index in [9.17, 15) is 13.2 Å². The second-order valence-corrected chi connectivity index (χ2v) is 2.54. The monoisotopic (exact) mass is 222 g/mol. The van der Waals surface area contributed by atoms with E-state index in [4.69, 9.17) is 10.5 Å². The Bertz CT molecular complexity index is 341. The number of methoxy groups -OCH3 is 1. The van der Waals surface area contributed by atoms with Gasteiger partial charge in [0.2, 0.25) is 0 Å². The minimum atomic E-state index is -4.76. The fourth-order valence-corrected chi connectivity index (χ4v) is 1.04. The maximum absolute atomic E-state index is 12.0. The maximum atomic E-state index is 12.0. The number of hydrogen-bond donors (Lipinski definition) is 1. The molecule has 4 nitrogen and oxygen atoms in total. The summed E-state index contributed by atoms with van der Waals surface area (Å²) < 4.78 is 44.4. The first-order chi connectivity index (χ1) is 6.98. The Labute approximate surface area is 83.8 Å². The number of halogens is 3. The Balaban J connectivity index is 3.06. The zero-order valence-electron chi connectivity index (χ0n) is 7.84. The molecule has 0 aliphatic heterocycles. The fraction of sp³-hybridized carbons (Fsp3) is 0.375. The van der Waals surface area contributed by atoms with E-state index in [2.05, 4.69) is 9.72 Å². The van der Waals surface area contributed by atoms with Gasteiger partial charge in [0.15, 0.2) is 11.5 Å². The molecular weight excluding hydrogens is 213 g/mol. The van der Waals surface area contributed by atoms with Crippen LogP contribution in [-0.2, 0) is 6.54 Å². The average Bonchev–Trinajstić information content (AvgIpc) is 2.15. The first kappa shape index (κ1) is 11.6. The topological polar surface area (TPSA) is 57.4 Å². The molecule has 0 saturated heterocycles. The molecule has 0 unspecified atom stereocenters. The van der Waals surface area contributed by atoms with Gasteiger partial charge in [-0.15, -0.1) is 13.2 Å². The van der Waals surface area contributed by atoms with E-state index in [-0.39, 0.29) is 18.0 Å². The third kappa shape index (κ3) is 2.98. The molecule has 1 heterocycles. The normalized spacial score (nSPS) is 11.3. The number of hydrogen-bond acceptors (Lipinski definition) is 4. The summed E-state index contributed by atoms with van der Waals surface area (Å²) >= 11 is 0. The highest BCUT2D eigenvalue weighted by atomic mass is 19.4. The van der Waals surface area contributed by atoms with E-state index < -0.39 is 12.1 Å². The largest absolute Gasteiger partial charge is 0.573 e. The van der Waals surface area contributed by atoms with Crippen LogP contribution in [-0.4, -0.2) is 18.5 Å². The molecule has 0 amide bonds. The molecule has 0 aromatic carbocycles. The van der Waals surface area contributed by atoms with Crippen LogP contribution < -0.4 is 15.2 Å². The van der Waals surface area contributed by atoms with Gasteiger partial charge in [-0.2, -0.15) is 0 Å². The molecule has 1 rings (SSSR count). The lowest BCUT2D eigenvalue weighted by atomic mass is 10.3. The van der Waals surface area contributed by atoms with Crippen molar-refractivity contribution in [2.45, 2.75) is 12.9 Å². The van der Waals surface area contributed by atoms with Crippen LogP contribution in [0.1, 0.15) is 5.69 Å². The van der Waals surface area contributed by atoms with E-state index in [0.29, 0.717) is 0 Å². The molecular formula is C8H9F3N2O2. The van der Waals surface area contributed by atoms with Crippen molar-refractivity contribution < 1.29 is 22.6 Å². The van der Waals surface area contributed by atoms with Gasteiger partial charge in [0.05, 0.1) is 12.8 Å². The number of nitrogens with two attached hydrogens (primary N) is 1. The summed E-state index contributed by atoms with van der Waals surface area (Å²) in [5.41, 5.74) is 5.49. The average molecular weight is 222 g/mol. The van der Waals surface area contributed by atoms with Crippen molar-refractivity contribution in [3.05, 3.63) is 18.0 Å². The van der Waals surface area contributed by atoms with E-state index in [1.807, 2.05) is 0 Å². The molecule has 0 spiro atoms. The van der Waals surface area contributed by atoms with Gasteiger partial charge >= 0.3 is 6.36 Å². The molecule has 0 fully saturated rings. The molecule has 7 heteroatoms. The number of ether oxygens (including phenoxy) is 2. The Kier molecular flexibility index (Phi) is 3.35. The minimum absolute atomic E-state index is 0.0295. The van der Waals surface area contributed by atoms with Crippen LogP contribution >= 0.6 is 0 Å². The zero-order chi connectivity index (χ0) is 11.5. The molecule has 0 saturated carbocycles. The van der Waals surface area contributed by atoms with Crippen LogP contribution in [0.5, 0.6) is 11.5 Å². The molecule has 2 N–H and O–H groups in total. The molecule has 1 aromatic heterocycles. The predicted molar refractivity (Wildman–Crippen MR) is 45.4 cm³/mol. The highest BCUT2D eigenvalue weighted by molar-refractivity contribution is 5.42. The van der Waals surface area contributed by atoms with E-state index in [1.54, 1.807) is 0 Å². The van der Waals surface area contributed by atoms with Gasteiger partial charge in [0.1, 0.15) is 0 Å². The molecule has 0 radical (unpaired) electrons. The Morgan fingerprint density at radius 3 is 2.60 bits per heavy atom. The Morgan fingerprint density at radius 2 is 2.13 bits per heavy atom. The highest BCUT2D eigenvalue weighted by Crippen LogP contribution is 2.33. The lowest BCUT2D eigenvalue weighted by Gasteiger charge is -2.13. The minimum Gasteiger partial charge on any atom is -0.491 e. The summed E-state index contributed by atoms with van der Waals surface area (Å²) in [5.74, 6) is -0.544. The molecule has 1 aromatic rings. The van der Waals surface area contributed by atoms with Crippen molar-refractivity contribution in [2.75, 3.05) is 7.11 Å². The molecule has 0 aliphatic carbocycles. The summed E-state index contributed by atoms with van der Waals surface area (Å²) in [6.45, 7) is -0.0295. The van der Waals surface area contributed by atoms with Crippen molar-refractivity contribution in [3.8, 4) is 11.5 Å². The molecule has 0 aliphatic rings. The lowest BCUT2D eigenvalue weighted by Crippen LogP contribution is -2.18. The molecule has 84 valence electrons. The molecule has 15 heavy (non-hydrogen) atoms. The lowest BCUT2D eigenvalue weighted by molar-refractivity contribution is -0.275. The van der Waals surface area contributed by atoms with Crippen molar-refractivity contribution in [1.29, 1.82) is 0 Å². The van der Waals surface area contributed by atoms with Gasteiger partial charge in [-0.25, -0.2) is 0 Å². The Morgan fingerprint density at radius 1 is 1.47 bits per heavy atom. The van der Waals surface area contributed by atoms with Gasteiger partial charge in [0.25, 0.3) is 0 Å². The first-order valence-corrected chi connectivity index (χ1v) is 3.95. The second kappa shape index (κ2) is 4.35. The fourth-order valence-electron chi connectivity index (χ4n) is 1.04. The molecule has 0 atom stereocenters. The quantitative estimate of drug-likeness (QED) is 0.840. The van der Waals surface area contributed by atoms with Gasteiger partial charge in [-0.1, -0.05) is 0 Å². The van der Waals surface area contributed by atoms with Crippen LogP contribution in [0.15, 0.2) is 12.3 Å². The zero-order valence-corrected chi connectivity index (χ0v) is 7.84. The second-order valence-electron chi connectivity index (χ2n) is 2.54. The van der Waals surface area contributed by atoms with Crippen LogP contribution in [0, 0.1) is 0 Å². The standard InChI is InChI=1S/C8H9F3N2O2/c1-14-7-5(4-12)13-3-2-6(7)15-8(9,10)11/h2-3H,4,12H2,1H3. The van der Waals surface area contributed by atoms with Crippen LogP contribution in [0.3, 0.4) is 0 Å². The first-order valence-electron chi connectivity index (χ1n) is 3.95.